The van der Waals surface area contributed by atoms with Crippen LogP contribution in [-0.2, 0) is 17.9 Å². The average Bonchev–Trinajstić information content (AvgIpc) is 3.06. The van der Waals surface area contributed by atoms with Gasteiger partial charge in [0.05, 0.1) is 18.8 Å². The molecule has 0 bridgehead atoms. The minimum absolute atomic E-state index is 0.140. The van der Waals surface area contributed by atoms with Crippen LogP contribution >= 0.6 is 0 Å². The van der Waals surface area contributed by atoms with Crippen molar-refractivity contribution in [3.8, 4) is 5.75 Å². The van der Waals surface area contributed by atoms with Gasteiger partial charge in [-0.2, -0.15) is 0 Å². The summed E-state index contributed by atoms with van der Waals surface area (Å²) in [5, 5.41) is 0.403. The maximum absolute atomic E-state index is 12.4. The van der Waals surface area contributed by atoms with Crippen LogP contribution in [0.4, 0.5) is 5.69 Å². The van der Waals surface area contributed by atoms with Crippen LogP contribution in [0.2, 0.25) is 0 Å². The Morgan fingerprint density at radius 2 is 2.03 bits per heavy atom. The summed E-state index contributed by atoms with van der Waals surface area (Å²) in [6.45, 7) is 7.51. The second-order valence-corrected chi connectivity index (χ2v) is 8.21. The number of nitrogens with zero attached hydrogens (tertiary/aromatic N) is 3. The van der Waals surface area contributed by atoms with E-state index in [1.54, 1.807) is 9.47 Å². The van der Waals surface area contributed by atoms with E-state index in [0.717, 1.165) is 41.0 Å². The lowest BCUT2D eigenvalue weighted by molar-refractivity contribution is -0.130. The van der Waals surface area contributed by atoms with Gasteiger partial charge in [-0.15, -0.1) is 0 Å². The van der Waals surface area contributed by atoms with E-state index >= 15 is 0 Å². The Labute approximate surface area is 186 Å². The number of imidazole rings is 1. The van der Waals surface area contributed by atoms with Gasteiger partial charge in [-0.05, 0) is 43.0 Å². The Balaban J connectivity index is 1.28. The number of aromatic amines is 1. The van der Waals surface area contributed by atoms with Crippen molar-refractivity contribution in [2.45, 2.75) is 39.3 Å². The number of H-pyrrole nitrogens is 1. The number of amides is 1. The largest absolute Gasteiger partial charge is 0.494 e. The SMILES string of the molecule is C=c1c(=O)[nH]c2n1Cc1cc(OCCCCC(=O)N(C)Cc3ccccc3)cc(C)c1N=2. The molecule has 2 heterocycles. The number of rotatable bonds is 8. The molecule has 1 N–H and O–H groups in total. The number of fused-ring (bicyclic) bond motifs is 2. The Morgan fingerprint density at radius 3 is 2.81 bits per heavy atom. The highest BCUT2D eigenvalue weighted by Crippen LogP contribution is 2.30. The van der Waals surface area contributed by atoms with E-state index in [0.29, 0.717) is 37.1 Å². The van der Waals surface area contributed by atoms with E-state index in [2.05, 4.69) is 16.6 Å². The van der Waals surface area contributed by atoms with Crippen molar-refractivity contribution in [3.05, 3.63) is 80.5 Å². The molecule has 0 unspecified atom stereocenters. The van der Waals surface area contributed by atoms with Crippen LogP contribution in [0.5, 0.6) is 5.75 Å². The molecule has 0 spiro atoms. The summed E-state index contributed by atoms with van der Waals surface area (Å²) in [5.41, 5.74) is 4.31. The molecule has 1 aromatic heterocycles. The molecule has 1 aliphatic heterocycles. The monoisotopic (exact) mass is 432 g/mol. The van der Waals surface area contributed by atoms with Crippen LogP contribution in [0.15, 0.2) is 52.3 Å². The Kier molecular flexibility index (Phi) is 6.25. The first-order valence-corrected chi connectivity index (χ1v) is 10.8. The van der Waals surface area contributed by atoms with Gasteiger partial charge in [-0.1, -0.05) is 36.9 Å². The van der Waals surface area contributed by atoms with Crippen molar-refractivity contribution >= 4 is 18.2 Å². The molecular weight excluding hydrogens is 404 g/mol. The molecule has 0 aliphatic carbocycles. The zero-order valence-corrected chi connectivity index (χ0v) is 18.6. The van der Waals surface area contributed by atoms with E-state index in [-0.39, 0.29) is 11.5 Å². The summed E-state index contributed by atoms with van der Waals surface area (Å²) in [4.78, 5) is 33.3. The van der Waals surface area contributed by atoms with Gasteiger partial charge < -0.3 is 14.2 Å². The molecule has 4 rings (SSSR count). The second-order valence-electron chi connectivity index (χ2n) is 8.21. The molecule has 2 aromatic carbocycles. The highest BCUT2D eigenvalue weighted by Gasteiger charge is 2.16. The predicted octanol–water partition coefficient (Wildman–Crippen LogP) is 2.42. The second kappa shape index (κ2) is 9.26. The van der Waals surface area contributed by atoms with Gasteiger partial charge in [0, 0.05) is 25.6 Å². The fourth-order valence-electron chi connectivity index (χ4n) is 3.91. The minimum atomic E-state index is -0.213. The third kappa shape index (κ3) is 4.66. The molecule has 7 nitrogen and oxygen atoms in total. The molecule has 1 amide bonds. The topological polar surface area (TPSA) is 79.7 Å². The number of carbonyl (C=O) groups excluding carboxylic acids is 1. The van der Waals surface area contributed by atoms with Crippen LogP contribution in [0.25, 0.3) is 6.58 Å². The van der Waals surface area contributed by atoms with Gasteiger partial charge in [0.1, 0.15) is 11.1 Å². The summed E-state index contributed by atoms with van der Waals surface area (Å²) in [6.07, 6.45) is 2.08. The summed E-state index contributed by atoms with van der Waals surface area (Å²) in [6, 6.07) is 13.9. The first-order chi connectivity index (χ1) is 15.4. The van der Waals surface area contributed by atoms with Gasteiger partial charge in [-0.25, -0.2) is 4.99 Å². The standard InChI is InChI=1S/C25H28N4O3/c1-17-13-21(14-20-16-29-18(2)24(31)27-25(29)26-23(17)20)32-12-8-7-11-22(30)28(3)15-19-9-5-4-6-10-19/h4-6,9-10,13-14H,2,7-8,11-12,15-16H2,1,3H3,(H,26,27,31). The van der Waals surface area contributed by atoms with Gasteiger partial charge >= 0.3 is 0 Å². The van der Waals surface area contributed by atoms with Crippen molar-refractivity contribution in [2.24, 2.45) is 4.99 Å². The lowest BCUT2D eigenvalue weighted by atomic mass is 10.1. The fourth-order valence-corrected chi connectivity index (χ4v) is 3.91. The third-order valence-electron chi connectivity index (χ3n) is 5.71. The molecule has 7 heteroatoms. The number of carbonyl (C=O) groups is 1. The summed E-state index contributed by atoms with van der Waals surface area (Å²) < 4.78 is 7.74. The number of unbranched alkanes of at least 4 members (excludes halogenated alkanes) is 1. The van der Waals surface area contributed by atoms with Crippen molar-refractivity contribution in [1.29, 1.82) is 0 Å². The molecule has 0 saturated carbocycles. The Hall–Kier alpha value is -3.61. The lowest BCUT2D eigenvalue weighted by Gasteiger charge is -2.18. The van der Waals surface area contributed by atoms with E-state index in [4.69, 9.17) is 4.74 Å². The molecule has 166 valence electrons. The van der Waals surface area contributed by atoms with Gasteiger partial charge in [0.15, 0.2) is 0 Å². The molecule has 32 heavy (non-hydrogen) atoms. The van der Waals surface area contributed by atoms with Crippen LogP contribution in [-0.4, -0.2) is 34.0 Å². The van der Waals surface area contributed by atoms with E-state index in [1.807, 2.05) is 56.4 Å². The van der Waals surface area contributed by atoms with Crippen LogP contribution in [0.1, 0.15) is 36.0 Å². The maximum Gasteiger partial charge on any atom is 0.274 e. The van der Waals surface area contributed by atoms with Crippen LogP contribution in [0, 0.1) is 6.92 Å². The number of hydrogen-bond donors (Lipinski definition) is 1. The Bertz CT molecular complexity index is 1290. The minimum Gasteiger partial charge on any atom is -0.494 e. The maximum atomic E-state index is 12.4. The molecule has 0 radical (unpaired) electrons. The van der Waals surface area contributed by atoms with E-state index in [9.17, 15) is 9.59 Å². The average molecular weight is 433 g/mol. The lowest BCUT2D eigenvalue weighted by Crippen LogP contribution is -2.32. The normalized spacial score (nSPS) is 11.9. The number of hydrogen-bond acceptors (Lipinski definition) is 4. The molecular formula is C25H28N4O3. The smallest absolute Gasteiger partial charge is 0.274 e. The number of benzene rings is 2. The van der Waals surface area contributed by atoms with Gasteiger partial charge in [0.2, 0.25) is 11.5 Å². The fraction of sp³-hybridized carbons (Fsp3) is 0.320. The highest BCUT2D eigenvalue weighted by molar-refractivity contribution is 5.75. The first-order valence-electron chi connectivity index (χ1n) is 10.8. The third-order valence-corrected chi connectivity index (χ3v) is 5.71. The van der Waals surface area contributed by atoms with Crippen LogP contribution in [0.3, 0.4) is 0 Å². The molecule has 3 aromatic rings. The molecule has 0 fully saturated rings. The molecule has 0 saturated heterocycles. The summed E-state index contributed by atoms with van der Waals surface area (Å²) in [7, 11) is 1.84. The van der Waals surface area contributed by atoms with Gasteiger partial charge in [-0.3, -0.25) is 14.6 Å². The highest BCUT2D eigenvalue weighted by atomic mass is 16.5. The number of aromatic nitrogens is 2. The Morgan fingerprint density at radius 1 is 1.25 bits per heavy atom. The van der Waals surface area contributed by atoms with Crippen LogP contribution < -0.4 is 21.3 Å². The predicted molar refractivity (Wildman–Crippen MR) is 124 cm³/mol. The van der Waals surface area contributed by atoms with E-state index < -0.39 is 0 Å². The van der Waals surface area contributed by atoms with Crippen molar-refractivity contribution in [3.63, 3.8) is 0 Å². The van der Waals surface area contributed by atoms with Crippen molar-refractivity contribution in [1.82, 2.24) is 14.5 Å². The summed E-state index contributed by atoms with van der Waals surface area (Å²) in [5.74, 6) is 0.915. The van der Waals surface area contributed by atoms with Crippen molar-refractivity contribution < 1.29 is 9.53 Å². The zero-order valence-electron chi connectivity index (χ0n) is 18.6. The first kappa shape index (κ1) is 21.6. The number of nitrogens with one attached hydrogen (secondary N) is 1. The zero-order chi connectivity index (χ0) is 22.7. The molecule has 1 aliphatic rings. The van der Waals surface area contributed by atoms with E-state index in [1.165, 1.54) is 0 Å². The number of ether oxygens (including phenoxy) is 1. The van der Waals surface area contributed by atoms with Gasteiger partial charge in [0.25, 0.3) is 5.56 Å². The number of aryl methyl sites for hydroxylation is 1. The van der Waals surface area contributed by atoms with Crippen molar-refractivity contribution in [2.75, 3.05) is 13.7 Å². The summed E-state index contributed by atoms with van der Waals surface area (Å²) >= 11 is 0. The quantitative estimate of drug-likeness (QED) is 0.434. The molecule has 0 atom stereocenters.